The molecule has 0 unspecified atom stereocenters. The van der Waals surface area contributed by atoms with E-state index >= 15 is 0 Å². The molecule has 4 nitrogen and oxygen atoms in total. The number of hydrogen-bond donors (Lipinski definition) is 1. The van der Waals surface area contributed by atoms with E-state index in [2.05, 4.69) is 26.3 Å². The zero-order chi connectivity index (χ0) is 16.9. The Kier molecular flexibility index (Phi) is 4.86. The number of halogens is 2. The second-order valence-corrected chi connectivity index (χ2v) is 5.92. The second-order valence-electron chi connectivity index (χ2n) is 5.00. The number of rotatable bonds is 4. The van der Waals surface area contributed by atoms with E-state index in [4.69, 9.17) is 0 Å². The summed E-state index contributed by atoms with van der Waals surface area (Å²) in [6, 6.07) is 14.1. The highest BCUT2D eigenvalue weighted by Gasteiger charge is 2.05. The molecule has 0 saturated carbocycles. The molecule has 1 amide bonds. The van der Waals surface area contributed by atoms with Crippen LogP contribution in [-0.2, 0) is 4.79 Å². The molecule has 0 spiro atoms. The Morgan fingerprint density at radius 3 is 2.75 bits per heavy atom. The summed E-state index contributed by atoms with van der Waals surface area (Å²) in [6.07, 6.45) is 6.42. The van der Waals surface area contributed by atoms with E-state index in [0.29, 0.717) is 4.47 Å². The summed E-state index contributed by atoms with van der Waals surface area (Å²) in [6.45, 7) is 0. The van der Waals surface area contributed by atoms with Gasteiger partial charge >= 0.3 is 0 Å². The zero-order valence-electron chi connectivity index (χ0n) is 12.5. The molecule has 3 rings (SSSR count). The maximum atomic E-state index is 13.7. The number of carbonyl (C=O) groups is 1. The fraction of sp³-hybridized carbons (Fsp3) is 0. The smallest absolute Gasteiger partial charge is 0.248 e. The minimum absolute atomic E-state index is 0.132. The van der Waals surface area contributed by atoms with Crippen LogP contribution in [0.1, 0.15) is 5.56 Å². The number of hydrogen-bond acceptors (Lipinski definition) is 2. The minimum atomic E-state index is -0.497. The Morgan fingerprint density at radius 1 is 1.21 bits per heavy atom. The van der Waals surface area contributed by atoms with Gasteiger partial charge in [-0.15, -0.1) is 0 Å². The minimum Gasteiger partial charge on any atom is -0.320 e. The van der Waals surface area contributed by atoms with Gasteiger partial charge in [-0.3, -0.25) is 4.79 Å². The third kappa shape index (κ3) is 3.97. The molecule has 0 aliphatic heterocycles. The van der Waals surface area contributed by atoms with Gasteiger partial charge in [-0.2, -0.15) is 5.10 Å². The van der Waals surface area contributed by atoms with Crippen LogP contribution >= 0.6 is 15.9 Å². The molecular weight excluding hydrogens is 373 g/mol. The maximum Gasteiger partial charge on any atom is 0.248 e. The molecule has 0 fully saturated rings. The highest BCUT2D eigenvalue weighted by Crippen LogP contribution is 2.19. The molecule has 120 valence electrons. The predicted octanol–water partition coefficient (Wildman–Crippen LogP) is 4.43. The van der Waals surface area contributed by atoms with Crippen molar-refractivity contribution < 1.29 is 9.18 Å². The Balaban J connectivity index is 1.67. The molecule has 0 saturated heterocycles. The van der Waals surface area contributed by atoms with Crippen molar-refractivity contribution in [1.29, 1.82) is 0 Å². The van der Waals surface area contributed by atoms with E-state index < -0.39 is 11.7 Å². The number of carbonyl (C=O) groups excluding carboxylic acids is 1. The molecule has 0 aliphatic carbocycles. The molecule has 0 bridgehead atoms. The molecule has 0 atom stereocenters. The van der Waals surface area contributed by atoms with E-state index in [9.17, 15) is 9.18 Å². The number of anilines is 1. The lowest BCUT2D eigenvalue weighted by atomic mass is 10.3. The van der Waals surface area contributed by atoms with Crippen molar-refractivity contribution in [2.45, 2.75) is 0 Å². The van der Waals surface area contributed by atoms with Crippen molar-refractivity contribution >= 4 is 33.6 Å². The molecule has 1 heterocycles. The van der Waals surface area contributed by atoms with E-state index in [1.54, 1.807) is 29.2 Å². The van der Waals surface area contributed by atoms with Gasteiger partial charge in [-0.05, 0) is 36.4 Å². The summed E-state index contributed by atoms with van der Waals surface area (Å²) in [7, 11) is 0. The monoisotopic (exact) mass is 385 g/mol. The van der Waals surface area contributed by atoms with Gasteiger partial charge in [0.2, 0.25) is 5.91 Å². The average molecular weight is 386 g/mol. The molecule has 6 heteroatoms. The third-order valence-electron chi connectivity index (χ3n) is 3.24. The number of benzene rings is 2. The van der Waals surface area contributed by atoms with Gasteiger partial charge in [0.15, 0.2) is 0 Å². The van der Waals surface area contributed by atoms with Crippen molar-refractivity contribution in [3.8, 4) is 5.69 Å². The fourth-order valence-electron chi connectivity index (χ4n) is 2.08. The van der Waals surface area contributed by atoms with Gasteiger partial charge in [0.25, 0.3) is 0 Å². The molecule has 2 aromatic carbocycles. The fourth-order valence-corrected chi connectivity index (χ4v) is 2.42. The molecule has 0 aliphatic rings. The Bertz CT molecular complexity index is 890. The van der Waals surface area contributed by atoms with Crippen LogP contribution in [0.25, 0.3) is 11.8 Å². The quantitative estimate of drug-likeness (QED) is 0.675. The average Bonchev–Trinajstić information content (AvgIpc) is 3.05. The summed E-state index contributed by atoms with van der Waals surface area (Å²) in [5, 5.41) is 6.74. The summed E-state index contributed by atoms with van der Waals surface area (Å²) < 4.78 is 16.0. The Morgan fingerprint density at radius 2 is 2.00 bits per heavy atom. The van der Waals surface area contributed by atoms with Crippen LogP contribution in [0.4, 0.5) is 10.1 Å². The van der Waals surface area contributed by atoms with Crippen molar-refractivity contribution in [3.63, 3.8) is 0 Å². The number of nitrogens with one attached hydrogen (secondary N) is 1. The van der Waals surface area contributed by atoms with Crippen LogP contribution in [0.2, 0.25) is 0 Å². The Labute approximate surface area is 146 Å². The van der Waals surface area contributed by atoms with Crippen molar-refractivity contribution in [2.24, 2.45) is 0 Å². The lowest BCUT2D eigenvalue weighted by Gasteiger charge is -2.03. The number of amides is 1. The first-order chi connectivity index (χ1) is 11.6. The lowest BCUT2D eigenvalue weighted by molar-refractivity contribution is -0.111. The number of para-hydroxylation sites is 1. The molecular formula is C18H13BrFN3O. The van der Waals surface area contributed by atoms with E-state index in [1.165, 1.54) is 18.2 Å². The van der Waals surface area contributed by atoms with E-state index in [0.717, 1.165) is 11.3 Å². The lowest BCUT2D eigenvalue weighted by Crippen LogP contribution is -2.09. The molecule has 1 N–H and O–H groups in total. The summed E-state index contributed by atoms with van der Waals surface area (Å²) in [5.74, 6) is -0.910. The van der Waals surface area contributed by atoms with Gasteiger partial charge in [0.1, 0.15) is 5.82 Å². The van der Waals surface area contributed by atoms with Crippen molar-refractivity contribution in [3.05, 3.63) is 82.9 Å². The first-order valence-electron chi connectivity index (χ1n) is 7.16. The standard InChI is InChI=1S/C18H13BrFN3O/c19-14-7-8-17(16(20)10-14)22-18(24)9-6-13-11-21-23(12-13)15-4-2-1-3-5-15/h1-12H,(H,22,24)/b9-6+. The molecule has 0 radical (unpaired) electrons. The van der Waals surface area contributed by atoms with Crippen molar-refractivity contribution in [2.75, 3.05) is 5.32 Å². The number of aromatic nitrogens is 2. The highest BCUT2D eigenvalue weighted by atomic mass is 79.9. The van der Waals surface area contributed by atoms with Gasteiger partial charge in [0.05, 0.1) is 17.6 Å². The molecule has 3 aromatic rings. The van der Waals surface area contributed by atoms with Crippen LogP contribution in [0.15, 0.2) is 71.5 Å². The summed E-state index contributed by atoms with van der Waals surface area (Å²) in [5.41, 5.74) is 1.83. The van der Waals surface area contributed by atoms with Crippen LogP contribution in [0.5, 0.6) is 0 Å². The van der Waals surface area contributed by atoms with Crippen LogP contribution in [0, 0.1) is 5.82 Å². The largest absolute Gasteiger partial charge is 0.320 e. The molecule has 24 heavy (non-hydrogen) atoms. The number of nitrogens with zero attached hydrogens (tertiary/aromatic N) is 2. The van der Waals surface area contributed by atoms with Gasteiger partial charge in [-0.25, -0.2) is 9.07 Å². The maximum absolute atomic E-state index is 13.7. The summed E-state index contributed by atoms with van der Waals surface area (Å²) >= 11 is 3.17. The second kappa shape index (κ2) is 7.23. The highest BCUT2D eigenvalue weighted by molar-refractivity contribution is 9.10. The molecule has 1 aromatic heterocycles. The third-order valence-corrected chi connectivity index (χ3v) is 3.73. The first kappa shape index (κ1) is 16.1. The zero-order valence-corrected chi connectivity index (χ0v) is 14.1. The topological polar surface area (TPSA) is 46.9 Å². The first-order valence-corrected chi connectivity index (χ1v) is 7.95. The van der Waals surface area contributed by atoms with E-state index in [1.807, 2.05) is 30.3 Å². The summed E-state index contributed by atoms with van der Waals surface area (Å²) in [4.78, 5) is 11.9. The predicted molar refractivity (Wildman–Crippen MR) is 95.3 cm³/mol. The normalized spacial score (nSPS) is 10.9. The SMILES string of the molecule is O=C(/C=C/c1cnn(-c2ccccc2)c1)Nc1ccc(Br)cc1F. The van der Waals surface area contributed by atoms with Crippen LogP contribution < -0.4 is 5.32 Å². The van der Waals surface area contributed by atoms with Crippen molar-refractivity contribution in [1.82, 2.24) is 9.78 Å². The van der Waals surface area contributed by atoms with Gasteiger partial charge in [-0.1, -0.05) is 34.1 Å². The van der Waals surface area contributed by atoms with Gasteiger partial charge in [0, 0.05) is 22.3 Å². The Hall–Kier alpha value is -2.73. The van der Waals surface area contributed by atoms with Crippen LogP contribution in [-0.4, -0.2) is 15.7 Å². The van der Waals surface area contributed by atoms with E-state index in [-0.39, 0.29) is 5.69 Å². The van der Waals surface area contributed by atoms with Crippen LogP contribution in [0.3, 0.4) is 0 Å². The van der Waals surface area contributed by atoms with Gasteiger partial charge < -0.3 is 5.32 Å².